The lowest BCUT2D eigenvalue weighted by Gasteiger charge is -2.47. The van der Waals surface area contributed by atoms with Crippen molar-refractivity contribution in [2.75, 3.05) is 52.0 Å². The molecule has 2 fully saturated rings. The number of fused-ring (bicyclic) bond motifs is 1. The highest BCUT2D eigenvalue weighted by molar-refractivity contribution is 5.89. The molecule has 0 aromatic heterocycles. The number of hydrogen-bond acceptors (Lipinski definition) is 5. The molecule has 3 heterocycles. The van der Waals surface area contributed by atoms with Gasteiger partial charge < -0.3 is 29.3 Å². The number of carbonyl (C=O) groups excluding carboxylic acids is 2. The van der Waals surface area contributed by atoms with Crippen LogP contribution in [0, 0.1) is 5.41 Å². The fourth-order valence-electron chi connectivity index (χ4n) is 4.47. The first kappa shape index (κ1) is 19.8. The minimum atomic E-state index is -0.0949. The fraction of sp³-hybridized carbons (Fsp3) is 0.619. The van der Waals surface area contributed by atoms with E-state index in [9.17, 15) is 9.59 Å². The summed E-state index contributed by atoms with van der Waals surface area (Å²) < 4.78 is 15.8. The van der Waals surface area contributed by atoms with Crippen molar-refractivity contribution in [2.24, 2.45) is 5.41 Å². The SMILES string of the molecule is COCCCN1CC2(CCC1=O)CCN(C(=O)Nc1ccc3c(c1)OCO3)CC2. The van der Waals surface area contributed by atoms with Crippen LogP contribution in [-0.2, 0) is 9.53 Å². The van der Waals surface area contributed by atoms with E-state index in [4.69, 9.17) is 14.2 Å². The van der Waals surface area contributed by atoms with Crippen LogP contribution < -0.4 is 14.8 Å². The van der Waals surface area contributed by atoms with Crippen LogP contribution >= 0.6 is 0 Å². The third-order valence-corrected chi connectivity index (χ3v) is 6.26. The maximum atomic E-state index is 12.7. The molecule has 1 spiro atoms. The van der Waals surface area contributed by atoms with E-state index in [1.807, 2.05) is 15.9 Å². The highest BCUT2D eigenvalue weighted by Gasteiger charge is 2.41. The number of amides is 3. The van der Waals surface area contributed by atoms with E-state index in [0.29, 0.717) is 43.3 Å². The zero-order valence-electron chi connectivity index (χ0n) is 16.9. The predicted molar refractivity (Wildman–Crippen MR) is 107 cm³/mol. The lowest BCUT2D eigenvalue weighted by Crippen LogP contribution is -2.53. The fourth-order valence-corrected chi connectivity index (χ4v) is 4.47. The van der Waals surface area contributed by atoms with Crippen molar-refractivity contribution in [3.05, 3.63) is 18.2 Å². The van der Waals surface area contributed by atoms with Crippen LogP contribution in [0.2, 0.25) is 0 Å². The minimum Gasteiger partial charge on any atom is -0.454 e. The Balaban J connectivity index is 1.30. The molecule has 3 aliphatic heterocycles. The highest BCUT2D eigenvalue weighted by Crippen LogP contribution is 2.40. The maximum absolute atomic E-state index is 12.7. The molecule has 8 heteroatoms. The third kappa shape index (κ3) is 4.42. The lowest BCUT2D eigenvalue weighted by molar-refractivity contribution is -0.139. The maximum Gasteiger partial charge on any atom is 0.321 e. The van der Waals surface area contributed by atoms with E-state index in [1.54, 1.807) is 19.2 Å². The Morgan fingerprint density at radius 1 is 1.21 bits per heavy atom. The molecule has 29 heavy (non-hydrogen) atoms. The van der Waals surface area contributed by atoms with Gasteiger partial charge in [-0.2, -0.15) is 0 Å². The van der Waals surface area contributed by atoms with Gasteiger partial charge >= 0.3 is 6.03 Å². The molecule has 158 valence electrons. The monoisotopic (exact) mass is 403 g/mol. The second kappa shape index (κ2) is 8.49. The van der Waals surface area contributed by atoms with Crippen LogP contribution in [-0.4, -0.2) is 68.4 Å². The van der Waals surface area contributed by atoms with E-state index < -0.39 is 0 Å². The van der Waals surface area contributed by atoms with Crippen molar-refractivity contribution in [2.45, 2.75) is 32.1 Å². The standard InChI is InChI=1S/C21H29N3O5/c1-27-12-2-9-24-14-21(6-5-19(24)25)7-10-23(11-8-21)20(26)22-16-3-4-17-18(13-16)29-15-28-17/h3-4,13H,2,5-12,14-15H2,1H3,(H,22,26). The smallest absolute Gasteiger partial charge is 0.321 e. The number of methoxy groups -OCH3 is 1. The van der Waals surface area contributed by atoms with E-state index >= 15 is 0 Å². The largest absolute Gasteiger partial charge is 0.454 e. The summed E-state index contributed by atoms with van der Waals surface area (Å²) >= 11 is 0. The van der Waals surface area contributed by atoms with Gasteiger partial charge in [-0.15, -0.1) is 0 Å². The van der Waals surface area contributed by atoms with Crippen LogP contribution in [0.15, 0.2) is 18.2 Å². The molecule has 1 N–H and O–H groups in total. The lowest BCUT2D eigenvalue weighted by atomic mass is 9.72. The van der Waals surface area contributed by atoms with Crippen molar-refractivity contribution in [1.82, 2.24) is 9.80 Å². The first-order valence-corrected chi connectivity index (χ1v) is 10.3. The molecule has 0 saturated carbocycles. The molecule has 1 aromatic carbocycles. The molecular weight excluding hydrogens is 374 g/mol. The van der Waals surface area contributed by atoms with Crippen LogP contribution in [0.4, 0.5) is 10.5 Å². The molecule has 3 amide bonds. The normalized spacial score (nSPS) is 20.2. The number of ether oxygens (including phenoxy) is 3. The Labute approximate surface area is 171 Å². The zero-order chi connectivity index (χ0) is 20.3. The molecule has 2 saturated heterocycles. The van der Waals surface area contributed by atoms with Gasteiger partial charge in [-0.1, -0.05) is 0 Å². The summed E-state index contributed by atoms with van der Waals surface area (Å²) in [4.78, 5) is 28.8. The first-order valence-electron chi connectivity index (χ1n) is 10.3. The van der Waals surface area contributed by atoms with E-state index in [2.05, 4.69) is 5.32 Å². The molecule has 0 radical (unpaired) electrons. The second-order valence-corrected chi connectivity index (χ2v) is 8.15. The summed E-state index contributed by atoms with van der Waals surface area (Å²) in [5.74, 6) is 1.60. The number of nitrogens with zero attached hydrogens (tertiary/aromatic N) is 2. The molecule has 0 atom stereocenters. The van der Waals surface area contributed by atoms with Crippen LogP contribution in [0.1, 0.15) is 32.1 Å². The molecule has 8 nitrogen and oxygen atoms in total. The van der Waals surface area contributed by atoms with Gasteiger partial charge in [0.15, 0.2) is 11.5 Å². The van der Waals surface area contributed by atoms with Gasteiger partial charge in [0.25, 0.3) is 0 Å². The van der Waals surface area contributed by atoms with Crippen LogP contribution in [0.3, 0.4) is 0 Å². The predicted octanol–water partition coefficient (Wildman–Crippen LogP) is 2.69. The first-order chi connectivity index (χ1) is 14.1. The van der Waals surface area contributed by atoms with Crippen molar-refractivity contribution in [3.8, 4) is 11.5 Å². The van der Waals surface area contributed by atoms with Crippen molar-refractivity contribution in [3.63, 3.8) is 0 Å². The molecular formula is C21H29N3O5. The third-order valence-electron chi connectivity index (χ3n) is 6.26. The zero-order valence-corrected chi connectivity index (χ0v) is 16.9. The average molecular weight is 403 g/mol. The summed E-state index contributed by atoms with van der Waals surface area (Å²) in [7, 11) is 1.68. The number of carbonyl (C=O) groups is 2. The number of nitrogens with one attached hydrogen (secondary N) is 1. The van der Waals surface area contributed by atoms with Gasteiger partial charge in [0.05, 0.1) is 0 Å². The number of hydrogen-bond donors (Lipinski definition) is 1. The summed E-state index contributed by atoms with van der Waals surface area (Å²) in [5.41, 5.74) is 0.836. The molecule has 0 unspecified atom stereocenters. The number of anilines is 1. The highest BCUT2D eigenvalue weighted by atomic mass is 16.7. The van der Waals surface area contributed by atoms with Crippen molar-refractivity contribution in [1.29, 1.82) is 0 Å². The van der Waals surface area contributed by atoms with Crippen LogP contribution in [0.25, 0.3) is 0 Å². The number of rotatable bonds is 5. The Morgan fingerprint density at radius 2 is 2.00 bits per heavy atom. The Morgan fingerprint density at radius 3 is 2.79 bits per heavy atom. The average Bonchev–Trinajstić information content (AvgIpc) is 3.19. The molecule has 3 aliphatic rings. The van der Waals surface area contributed by atoms with E-state index in [1.165, 1.54) is 0 Å². The summed E-state index contributed by atoms with van der Waals surface area (Å²) in [6.07, 6.45) is 4.24. The minimum absolute atomic E-state index is 0.0949. The Bertz CT molecular complexity index is 761. The number of piperidine rings is 2. The van der Waals surface area contributed by atoms with Gasteiger partial charge in [0.2, 0.25) is 12.7 Å². The van der Waals surface area contributed by atoms with E-state index in [0.717, 1.165) is 38.8 Å². The van der Waals surface area contributed by atoms with Gasteiger partial charge in [-0.05, 0) is 43.2 Å². The summed E-state index contributed by atoms with van der Waals surface area (Å²) in [6.45, 7) is 3.85. The van der Waals surface area contributed by atoms with Crippen LogP contribution in [0.5, 0.6) is 11.5 Å². The van der Waals surface area contributed by atoms with E-state index in [-0.39, 0.29) is 24.1 Å². The van der Waals surface area contributed by atoms with Gasteiger partial charge in [0.1, 0.15) is 0 Å². The summed E-state index contributed by atoms with van der Waals surface area (Å²) in [5, 5.41) is 2.96. The molecule has 0 aliphatic carbocycles. The number of benzene rings is 1. The van der Waals surface area contributed by atoms with Crippen molar-refractivity contribution < 1.29 is 23.8 Å². The molecule has 4 rings (SSSR count). The Hall–Kier alpha value is -2.48. The van der Waals surface area contributed by atoms with Crippen molar-refractivity contribution >= 4 is 17.6 Å². The quantitative estimate of drug-likeness (QED) is 0.765. The molecule has 0 bridgehead atoms. The summed E-state index contributed by atoms with van der Waals surface area (Å²) in [6, 6.07) is 5.32. The van der Waals surface area contributed by atoms with Gasteiger partial charge in [-0.3, -0.25) is 4.79 Å². The second-order valence-electron chi connectivity index (χ2n) is 8.15. The topological polar surface area (TPSA) is 80.3 Å². The number of likely N-dealkylation sites (tertiary alicyclic amines) is 2. The molecule has 1 aromatic rings. The van der Waals surface area contributed by atoms with Gasteiger partial charge in [0, 0.05) is 58.1 Å². The van der Waals surface area contributed by atoms with Gasteiger partial charge in [-0.25, -0.2) is 4.79 Å². The Kier molecular flexibility index (Phi) is 5.80. The number of urea groups is 1.